The zero-order valence-electron chi connectivity index (χ0n) is 8.61. The number of nitrogens with zero attached hydrogens (tertiary/aromatic N) is 1. The van der Waals surface area contributed by atoms with Crippen LogP contribution in [0.3, 0.4) is 0 Å². The van der Waals surface area contributed by atoms with Gasteiger partial charge in [-0.3, -0.25) is 4.79 Å². The SMILES string of the molecule is CCn1c(=O)oc2c(C)cccc2c1=O. The zero-order valence-corrected chi connectivity index (χ0v) is 8.61. The van der Waals surface area contributed by atoms with Crippen LogP contribution >= 0.6 is 0 Å². The second-order valence-electron chi connectivity index (χ2n) is 3.37. The van der Waals surface area contributed by atoms with Crippen molar-refractivity contribution in [1.29, 1.82) is 0 Å². The van der Waals surface area contributed by atoms with Gasteiger partial charge in [0, 0.05) is 6.54 Å². The van der Waals surface area contributed by atoms with Crippen LogP contribution in [0.25, 0.3) is 11.0 Å². The molecule has 0 bridgehead atoms. The summed E-state index contributed by atoms with van der Waals surface area (Å²) in [5, 5.41) is 0.455. The van der Waals surface area contributed by atoms with Crippen molar-refractivity contribution < 1.29 is 4.42 Å². The van der Waals surface area contributed by atoms with Gasteiger partial charge in [-0.2, -0.15) is 0 Å². The highest BCUT2D eigenvalue weighted by molar-refractivity contribution is 5.78. The van der Waals surface area contributed by atoms with E-state index < -0.39 is 5.76 Å². The van der Waals surface area contributed by atoms with E-state index in [9.17, 15) is 9.59 Å². The summed E-state index contributed by atoms with van der Waals surface area (Å²) in [6.45, 7) is 3.87. The summed E-state index contributed by atoms with van der Waals surface area (Å²) < 4.78 is 6.19. The molecule has 0 aliphatic heterocycles. The molecule has 2 rings (SSSR count). The molecule has 0 atom stereocenters. The van der Waals surface area contributed by atoms with E-state index in [2.05, 4.69) is 0 Å². The lowest BCUT2D eigenvalue weighted by Crippen LogP contribution is -2.31. The highest BCUT2D eigenvalue weighted by Crippen LogP contribution is 2.12. The van der Waals surface area contributed by atoms with Crippen LogP contribution in [0.1, 0.15) is 12.5 Å². The van der Waals surface area contributed by atoms with Crippen LogP contribution in [0.15, 0.2) is 32.2 Å². The minimum absolute atomic E-state index is 0.285. The van der Waals surface area contributed by atoms with Crippen molar-refractivity contribution in [2.45, 2.75) is 20.4 Å². The maximum atomic E-state index is 11.8. The molecule has 0 aliphatic carbocycles. The van der Waals surface area contributed by atoms with Crippen molar-refractivity contribution in [1.82, 2.24) is 4.57 Å². The lowest BCUT2D eigenvalue weighted by molar-refractivity contribution is 0.464. The van der Waals surface area contributed by atoms with Crippen molar-refractivity contribution in [3.05, 3.63) is 44.7 Å². The number of aryl methyl sites for hydroxylation is 1. The molecule has 0 amide bonds. The van der Waals surface area contributed by atoms with Gasteiger partial charge in [0.05, 0.1) is 5.39 Å². The van der Waals surface area contributed by atoms with Crippen LogP contribution in [-0.4, -0.2) is 4.57 Å². The number of benzene rings is 1. The number of rotatable bonds is 1. The van der Waals surface area contributed by atoms with Gasteiger partial charge in [-0.15, -0.1) is 0 Å². The fourth-order valence-electron chi connectivity index (χ4n) is 1.60. The number of aromatic nitrogens is 1. The number of fused-ring (bicyclic) bond motifs is 1. The molecule has 0 saturated carbocycles. The average molecular weight is 205 g/mol. The first kappa shape index (κ1) is 9.71. The van der Waals surface area contributed by atoms with Crippen LogP contribution in [0, 0.1) is 6.92 Å². The third kappa shape index (κ3) is 1.38. The molecular weight excluding hydrogens is 194 g/mol. The van der Waals surface area contributed by atoms with E-state index in [4.69, 9.17) is 4.42 Å². The molecule has 1 aromatic carbocycles. The molecule has 2 aromatic rings. The van der Waals surface area contributed by atoms with E-state index in [0.717, 1.165) is 10.1 Å². The first-order valence-electron chi connectivity index (χ1n) is 4.78. The van der Waals surface area contributed by atoms with Crippen molar-refractivity contribution in [3.63, 3.8) is 0 Å². The van der Waals surface area contributed by atoms with Crippen molar-refractivity contribution in [3.8, 4) is 0 Å². The van der Waals surface area contributed by atoms with Gasteiger partial charge in [-0.05, 0) is 25.5 Å². The Morgan fingerprint density at radius 3 is 2.73 bits per heavy atom. The van der Waals surface area contributed by atoms with Gasteiger partial charge in [0.1, 0.15) is 5.58 Å². The van der Waals surface area contributed by atoms with Gasteiger partial charge in [-0.25, -0.2) is 9.36 Å². The average Bonchev–Trinajstić information content (AvgIpc) is 2.20. The molecule has 0 spiro atoms. The van der Waals surface area contributed by atoms with Crippen LogP contribution in [0.5, 0.6) is 0 Å². The maximum Gasteiger partial charge on any atom is 0.422 e. The molecule has 0 N–H and O–H groups in total. The third-order valence-electron chi connectivity index (χ3n) is 2.41. The summed E-state index contributed by atoms with van der Waals surface area (Å²) >= 11 is 0. The Hall–Kier alpha value is -1.84. The molecule has 0 aliphatic rings. The summed E-state index contributed by atoms with van der Waals surface area (Å²) in [4.78, 5) is 23.3. The largest absolute Gasteiger partial charge is 0.422 e. The molecule has 0 unspecified atom stereocenters. The number of hydrogen-bond acceptors (Lipinski definition) is 3. The predicted molar refractivity (Wildman–Crippen MR) is 57.2 cm³/mol. The van der Waals surface area contributed by atoms with Gasteiger partial charge in [0.2, 0.25) is 0 Å². The summed E-state index contributed by atoms with van der Waals surface area (Å²) in [7, 11) is 0. The molecule has 1 heterocycles. The molecule has 78 valence electrons. The van der Waals surface area contributed by atoms with Gasteiger partial charge >= 0.3 is 5.76 Å². The first-order valence-corrected chi connectivity index (χ1v) is 4.78. The van der Waals surface area contributed by atoms with Gasteiger partial charge < -0.3 is 4.42 Å². The van der Waals surface area contributed by atoms with Gasteiger partial charge in [-0.1, -0.05) is 12.1 Å². The van der Waals surface area contributed by atoms with E-state index >= 15 is 0 Å². The van der Waals surface area contributed by atoms with Crippen LogP contribution in [0.4, 0.5) is 0 Å². The zero-order chi connectivity index (χ0) is 11.0. The predicted octanol–water partition coefficient (Wildman–Crippen LogP) is 1.28. The Labute approximate surface area is 85.8 Å². The van der Waals surface area contributed by atoms with Crippen molar-refractivity contribution in [2.75, 3.05) is 0 Å². The Bertz CT molecular complexity index is 622. The Morgan fingerprint density at radius 2 is 2.07 bits per heavy atom. The topological polar surface area (TPSA) is 52.2 Å². The normalized spacial score (nSPS) is 10.8. The second kappa shape index (κ2) is 3.38. The fourth-order valence-corrected chi connectivity index (χ4v) is 1.60. The number of para-hydroxylation sites is 1. The highest BCUT2D eigenvalue weighted by atomic mass is 16.4. The monoisotopic (exact) mass is 205 g/mol. The quantitative estimate of drug-likeness (QED) is 0.704. The van der Waals surface area contributed by atoms with E-state index in [-0.39, 0.29) is 5.56 Å². The second-order valence-corrected chi connectivity index (χ2v) is 3.37. The van der Waals surface area contributed by atoms with E-state index in [1.165, 1.54) is 0 Å². The van der Waals surface area contributed by atoms with E-state index in [1.807, 2.05) is 0 Å². The fraction of sp³-hybridized carbons (Fsp3) is 0.273. The number of hydrogen-bond donors (Lipinski definition) is 0. The molecule has 1 aromatic heterocycles. The Balaban J connectivity index is 3.05. The van der Waals surface area contributed by atoms with E-state index in [1.54, 1.807) is 32.0 Å². The van der Waals surface area contributed by atoms with Crippen molar-refractivity contribution >= 4 is 11.0 Å². The van der Waals surface area contributed by atoms with Crippen LogP contribution in [0.2, 0.25) is 0 Å². The smallest absolute Gasteiger partial charge is 0.409 e. The summed E-state index contributed by atoms with van der Waals surface area (Å²) in [6.07, 6.45) is 0. The third-order valence-corrected chi connectivity index (χ3v) is 2.41. The Kier molecular flexibility index (Phi) is 2.19. The lowest BCUT2D eigenvalue weighted by Gasteiger charge is -2.03. The first-order chi connectivity index (χ1) is 7.15. The van der Waals surface area contributed by atoms with Gasteiger partial charge in [0.15, 0.2) is 0 Å². The molecule has 4 nitrogen and oxygen atoms in total. The minimum Gasteiger partial charge on any atom is -0.409 e. The lowest BCUT2D eigenvalue weighted by atomic mass is 10.2. The molecule has 15 heavy (non-hydrogen) atoms. The van der Waals surface area contributed by atoms with Crippen LogP contribution in [-0.2, 0) is 6.54 Å². The highest BCUT2D eigenvalue weighted by Gasteiger charge is 2.08. The summed E-state index contributed by atoms with van der Waals surface area (Å²) in [6, 6.07) is 5.25. The van der Waals surface area contributed by atoms with Gasteiger partial charge in [0.25, 0.3) is 5.56 Å². The molecule has 0 fully saturated rings. The van der Waals surface area contributed by atoms with E-state index in [0.29, 0.717) is 17.5 Å². The Morgan fingerprint density at radius 1 is 1.33 bits per heavy atom. The summed E-state index contributed by atoms with van der Waals surface area (Å²) in [5.74, 6) is -0.593. The molecule has 0 saturated heterocycles. The maximum absolute atomic E-state index is 11.8. The summed E-state index contributed by atoms with van der Waals surface area (Å²) in [5.41, 5.74) is 0.898. The minimum atomic E-state index is -0.593. The standard InChI is InChI=1S/C11H11NO3/c1-3-12-10(13)8-6-4-5-7(2)9(8)15-11(12)14/h4-6H,3H2,1-2H3. The molecule has 0 radical (unpaired) electrons. The van der Waals surface area contributed by atoms with Crippen molar-refractivity contribution in [2.24, 2.45) is 0 Å². The molecular formula is C11H11NO3. The van der Waals surface area contributed by atoms with Crippen LogP contribution < -0.4 is 11.3 Å². The molecule has 4 heteroatoms.